The van der Waals surface area contributed by atoms with E-state index in [0.29, 0.717) is 18.7 Å². The fourth-order valence-electron chi connectivity index (χ4n) is 3.67. The van der Waals surface area contributed by atoms with E-state index >= 15 is 0 Å². The summed E-state index contributed by atoms with van der Waals surface area (Å²) in [5.74, 6) is -0.0486. The molecule has 0 bridgehead atoms. The molecule has 1 N–H and O–H groups in total. The highest BCUT2D eigenvalue weighted by Gasteiger charge is 2.11. The number of carbonyl (C=O) groups is 1. The van der Waals surface area contributed by atoms with E-state index < -0.39 is 0 Å². The third kappa shape index (κ3) is 2.93. The molecule has 4 rings (SSSR count). The Labute approximate surface area is 156 Å². The normalized spacial score (nSPS) is 11.4. The SMILES string of the molecule is Cc1cc2ccccc2n1CCC(=O)Nc1ccc2c(c1)n(C)c(=O)n2C. The summed E-state index contributed by atoms with van der Waals surface area (Å²) in [6.45, 7) is 2.68. The number of aryl methyl sites for hydroxylation is 4. The van der Waals surface area contributed by atoms with Crippen molar-refractivity contribution < 1.29 is 4.79 Å². The smallest absolute Gasteiger partial charge is 0.328 e. The lowest BCUT2D eigenvalue weighted by atomic mass is 10.2. The number of para-hydroxylation sites is 1. The van der Waals surface area contributed by atoms with Gasteiger partial charge in [-0.25, -0.2) is 4.79 Å². The molecule has 1 amide bonds. The molecule has 6 heteroatoms. The molecule has 0 aliphatic heterocycles. The summed E-state index contributed by atoms with van der Waals surface area (Å²) < 4.78 is 5.35. The fourth-order valence-corrected chi connectivity index (χ4v) is 3.67. The van der Waals surface area contributed by atoms with Gasteiger partial charge in [-0.2, -0.15) is 0 Å². The van der Waals surface area contributed by atoms with Crippen LogP contribution < -0.4 is 11.0 Å². The van der Waals surface area contributed by atoms with Crippen LogP contribution in [-0.4, -0.2) is 19.6 Å². The zero-order valence-electron chi connectivity index (χ0n) is 15.7. The van der Waals surface area contributed by atoms with Gasteiger partial charge in [0.25, 0.3) is 0 Å². The lowest BCUT2D eigenvalue weighted by molar-refractivity contribution is -0.116. The van der Waals surface area contributed by atoms with Crippen LogP contribution in [0, 0.1) is 6.92 Å². The van der Waals surface area contributed by atoms with E-state index in [1.54, 1.807) is 23.2 Å². The van der Waals surface area contributed by atoms with E-state index in [1.165, 1.54) is 5.39 Å². The minimum Gasteiger partial charge on any atom is -0.344 e. The molecule has 0 spiro atoms. The molecule has 6 nitrogen and oxygen atoms in total. The Morgan fingerprint density at radius 2 is 1.70 bits per heavy atom. The molecule has 4 aromatic rings. The van der Waals surface area contributed by atoms with Crippen molar-refractivity contribution in [2.24, 2.45) is 14.1 Å². The maximum absolute atomic E-state index is 12.5. The maximum atomic E-state index is 12.5. The van der Waals surface area contributed by atoms with Crippen molar-refractivity contribution in [1.82, 2.24) is 13.7 Å². The maximum Gasteiger partial charge on any atom is 0.328 e. The molecule has 2 aromatic carbocycles. The van der Waals surface area contributed by atoms with Gasteiger partial charge in [0.15, 0.2) is 0 Å². The zero-order valence-corrected chi connectivity index (χ0v) is 15.7. The summed E-state index contributed by atoms with van der Waals surface area (Å²) in [7, 11) is 3.48. The van der Waals surface area contributed by atoms with Crippen LogP contribution in [-0.2, 0) is 25.4 Å². The van der Waals surface area contributed by atoms with Gasteiger partial charge >= 0.3 is 5.69 Å². The van der Waals surface area contributed by atoms with Crippen molar-refractivity contribution in [3.8, 4) is 0 Å². The number of amides is 1. The van der Waals surface area contributed by atoms with Crippen molar-refractivity contribution in [1.29, 1.82) is 0 Å². The average molecular weight is 362 g/mol. The number of nitrogens with one attached hydrogen (secondary N) is 1. The molecule has 0 unspecified atom stereocenters. The van der Waals surface area contributed by atoms with Gasteiger partial charge in [-0.1, -0.05) is 18.2 Å². The van der Waals surface area contributed by atoms with Crippen molar-refractivity contribution in [3.05, 3.63) is 64.7 Å². The quantitative estimate of drug-likeness (QED) is 0.606. The summed E-state index contributed by atoms with van der Waals surface area (Å²) in [4.78, 5) is 24.5. The minimum atomic E-state index is -0.0802. The van der Waals surface area contributed by atoms with Crippen LogP contribution in [0.3, 0.4) is 0 Å². The van der Waals surface area contributed by atoms with Gasteiger partial charge < -0.3 is 9.88 Å². The highest BCUT2D eigenvalue weighted by molar-refractivity contribution is 5.93. The number of fused-ring (bicyclic) bond motifs is 2. The summed E-state index contributed by atoms with van der Waals surface area (Å²) in [6.07, 6.45) is 0.380. The summed E-state index contributed by atoms with van der Waals surface area (Å²) in [5, 5.41) is 4.13. The van der Waals surface area contributed by atoms with Crippen LogP contribution in [0.4, 0.5) is 5.69 Å². The van der Waals surface area contributed by atoms with E-state index in [1.807, 2.05) is 30.3 Å². The zero-order chi connectivity index (χ0) is 19.1. The second-order valence-corrected chi connectivity index (χ2v) is 6.90. The Balaban J connectivity index is 1.51. The standard InChI is InChI=1S/C21H22N4O2/c1-14-12-15-6-4-5-7-17(15)25(14)11-10-20(26)22-16-8-9-18-19(13-16)24(3)21(27)23(18)2/h4-9,12-13H,10-11H2,1-3H3,(H,22,26). The summed E-state index contributed by atoms with van der Waals surface area (Å²) >= 11 is 0. The molecular formula is C21H22N4O2. The van der Waals surface area contributed by atoms with Crippen LogP contribution >= 0.6 is 0 Å². The van der Waals surface area contributed by atoms with Gasteiger partial charge in [-0.15, -0.1) is 0 Å². The first-order valence-corrected chi connectivity index (χ1v) is 8.96. The second kappa shape index (κ2) is 6.46. The largest absolute Gasteiger partial charge is 0.344 e. The third-order valence-electron chi connectivity index (χ3n) is 5.14. The van der Waals surface area contributed by atoms with Crippen molar-refractivity contribution in [2.75, 3.05) is 5.32 Å². The Hall–Kier alpha value is -3.28. The van der Waals surface area contributed by atoms with Gasteiger partial charge in [0.05, 0.1) is 11.0 Å². The highest BCUT2D eigenvalue weighted by atomic mass is 16.2. The number of benzene rings is 2. The van der Waals surface area contributed by atoms with Crippen LogP contribution in [0.15, 0.2) is 53.3 Å². The Morgan fingerprint density at radius 1 is 0.963 bits per heavy atom. The van der Waals surface area contributed by atoms with Crippen LogP contribution in [0.1, 0.15) is 12.1 Å². The molecule has 0 aliphatic carbocycles. The van der Waals surface area contributed by atoms with Crippen LogP contribution in [0.25, 0.3) is 21.9 Å². The monoisotopic (exact) mass is 362 g/mol. The van der Waals surface area contributed by atoms with Crippen LogP contribution in [0.2, 0.25) is 0 Å². The topological polar surface area (TPSA) is 61.0 Å². The molecule has 0 fully saturated rings. The molecule has 2 heterocycles. The number of anilines is 1. The fraction of sp³-hybridized carbons (Fsp3) is 0.238. The molecule has 27 heavy (non-hydrogen) atoms. The van der Waals surface area contributed by atoms with E-state index in [0.717, 1.165) is 22.2 Å². The molecule has 0 atom stereocenters. The first-order chi connectivity index (χ1) is 13.0. The first-order valence-electron chi connectivity index (χ1n) is 8.96. The van der Waals surface area contributed by atoms with E-state index in [2.05, 4.69) is 35.0 Å². The van der Waals surface area contributed by atoms with Gasteiger partial charge in [0.1, 0.15) is 0 Å². The van der Waals surface area contributed by atoms with Gasteiger partial charge in [-0.3, -0.25) is 13.9 Å². The number of imidazole rings is 1. The molecule has 138 valence electrons. The van der Waals surface area contributed by atoms with Gasteiger partial charge in [-0.05, 0) is 42.6 Å². The minimum absolute atomic E-state index is 0.0486. The van der Waals surface area contributed by atoms with Crippen molar-refractivity contribution >= 4 is 33.5 Å². The molecule has 0 saturated carbocycles. The summed E-state index contributed by atoms with van der Waals surface area (Å²) in [6, 6.07) is 15.8. The highest BCUT2D eigenvalue weighted by Crippen LogP contribution is 2.20. The van der Waals surface area contributed by atoms with Crippen LogP contribution in [0.5, 0.6) is 0 Å². The predicted octanol–water partition coefficient (Wildman–Crippen LogP) is 3.17. The number of hydrogen-bond donors (Lipinski definition) is 1. The van der Waals surface area contributed by atoms with Gasteiger partial charge in [0, 0.05) is 44.0 Å². The lowest BCUT2D eigenvalue weighted by Gasteiger charge is -2.09. The number of hydrogen-bond acceptors (Lipinski definition) is 2. The molecular weight excluding hydrogens is 340 g/mol. The summed E-state index contributed by atoms with van der Waals surface area (Å²) in [5.41, 5.74) is 4.54. The second-order valence-electron chi connectivity index (χ2n) is 6.90. The van der Waals surface area contributed by atoms with E-state index in [4.69, 9.17) is 0 Å². The number of carbonyl (C=O) groups excluding carboxylic acids is 1. The first kappa shape index (κ1) is 17.1. The average Bonchev–Trinajstić information content (AvgIpc) is 3.09. The van der Waals surface area contributed by atoms with Crippen molar-refractivity contribution in [2.45, 2.75) is 19.9 Å². The third-order valence-corrected chi connectivity index (χ3v) is 5.14. The van der Waals surface area contributed by atoms with E-state index in [9.17, 15) is 9.59 Å². The number of nitrogens with zero attached hydrogens (tertiary/aromatic N) is 3. The lowest BCUT2D eigenvalue weighted by Crippen LogP contribution is -2.19. The van der Waals surface area contributed by atoms with Crippen molar-refractivity contribution in [3.63, 3.8) is 0 Å². The van der Waals surface area contributed by atoms with E-state index in [-0.39, 0.29) is 11.6 Å². The predicted molar refractivity (Wildman–Crippen MR) is 108 cm³/mol. The molecule has 0 radical (unpaired) electrons. The number of rotatable bonds is 4. The van der Waals surface area contributed by atoms with Gasteiger partial charge in [0.2, 0.25) is 5.91 Å². The Kier molecular flexibility index (Phi) is 4.11. The molecule has 0 saturated heterocycles. The molecule has 0 aliphatic rings. The Bertz CT molecular complexity index is 1230. The molecule has 2 aromatic heterocycles. The Morgan fingerprint density at radius 3 is 2.52 bits per heavy atom. The number of aromatic nitrogens is 3.